The first-order valence-corrected chi connectivity index (χ1v) is 6.46. The molecule has 0 radical (unpaired) electrons. The molecule has 1 aromatic rings. The van der Waals surface area contributed by atoms with Crippen molar-refractivity contribution in [3.8, 4) is 0 Å². The van der Waals surface area contributed by atoms with Crippen molar-refractivity contribution in [2.24, 2.45) is 5.92 Å². The molecule has 1 aromatic heterocycles. The molecule has 1 rings (SSSR count). The van der Waals surface area contributed by atoms with Crippen LogP contribution in [0.4, 0.5) is 11.6 Å². The minimum Gasteiger partial charge on any atom is -0.394 e. The van der Waals surface area contributed by atoms with Gasteiger partial charge in [0.15, 0.2) is 0 Å². The molecular formula is C13H24N4O. The van der Waals surface area contributed by atoms with Crippen molar-refractivity contribution in [2.45, 2.75) is 40.7 Å². The maximum Gasteiger partial charge on any atom is 0.135 e. The van der Waals surface area contributed by atoms with Gasteiger partial charge in [0.2, 0.25) is 0 Å². The van der Waals surface area contributed by atoms with Crippen LogP contribution in [0.1, 0.15) is 32.2 Å². The molecule has 102 valence electrons. The number of aryl methyl sites for hydroxylation is 1. The highest BCUT2D eigenvalue weighted by molar-refractivity contribution is 5.57. The average molecular weight is 252 g/mol. The lowest BCUT2D eigenvalue weighted by molar-refractivity contribution is 0.249. The Hall–Kier alpha value is -1.36. The molecule has 0 aromatic carbocycles. The highest BCUT2D eigenvalue weighted by Crippen LogP contribution is 2.21. The first-order valence-electron chi connectivity index (χ1n) is 6.46. The quantitative estimate of drug-likeness (QED) is 0.722. The van der Waals surface area contributed by atoms with Crippen molar-refractivity contribution in [3.05, 3.63) is 11.4 Å². The largest absolute Gasteiger partial charge is 0.394 e. The molecule has 0 saturated heterocycles. The molecule has 5 heteroatoms. The molecule has 0 aliphatic heterocycles. The lowest BCUT2D eigenvalue weighted by atomic mass is 10.1. The van der Waals surface area contributed by atoms with Gasteiger partial charge in [0, 0.05) is 12.1 Å². The summed E-state index contributed by atoms with van der Waals surface area (Å²) in [5, 5.41) is 15.9. The minimum atomic E-state index is 0.00692. The van der Waals surface area contributed by atoms with Crippen molar-refractivity contribution < 1.29 is 5.11 Å². The van der Waals surface area contributed by atoms with E-state index in [4.69, 9.17) is 0 Å². The summed E-state index contributed by atoms with van der Waals surface area (Å²) in [6, 6.07) is 0.00692. The number of aromatic nitrogens is 2. The van der Waals surface area contributed by atoms with E-state index in [0.717, 1.165) is 29.6 Å². The van der Waals surface area contributed by atoms with Crippen LogP contribution < -0.4 is 10.6 Å². The fourth-order valence-electron chi connectivity index (χ4n) is 1.71. The fraction of sp³-hybridized carbons (Fsp3) is 0.692. The van der Waals surface area contributed by atoms with Crippen molar-refractivity contribution in [1.82, 2.24) is 9.97 Å². The molecule has 0 aliphatic rings. The van der Waals surface area contributed by atoms with E-state index in [9.17, 15) is 5.11 Å². The van der Waals surface area contributed by atoms with E-state index in [-0.39, 0.29) is 12.6 Å². The van der Waals surface area contributed by atoms with Crippen LogP contribution in [0.3, 0.4) is 0 Å². The van der Waals surface area contributed by atoms with Crippen LogP contribution in [0.5, 0.6) is 0 Å². The zero-order chi connectivity index (χ0) is 13.7. The number of anilines is 2. The third-order valence-electron chi connectivity index (χ3n) is 2.93. The molecule has 0 saturated carbocycles. The van der Waals surface area contributed by atoms with Crippen LogP contribution in [0.2, 0.25) is 0 Å². The minimum absolute atomic E-state index is 0.00692. The standard InChI is InChI=1S/C13H24N4O/c1-6-14-12-9(4)13(16-10(5)15-12)17-11(7-18)8(2)3/h8,11,18H,6-7H2,1-5H3,(H2,14,15,16,17)/t11-/m1/s1. The Labute approximate surface area is 109 Å². The van der Waals surface area contributed by atoms with Gasteiger partial charge in [0.05, 0.1) is 12.6 Å². The topological polar surface area (TPSA) is 70.1 Å². The number of nitrogens with zero attached hydrogens (tertiary/aromatic N) is 2. The SMILES string of the molecule is CCNc1nc(C)nc(N[C@H](CO)C(C)C)c1C. The first kappa shape index (κ1) is 14.7. The van der Waals surface area contributed by atoms with Crippen molar-refractivity contribution in [1.29, 1.82) is 0 Å². The summed E-state index contributed by atoms with van der Waals surface area (Å²) in [6.45, 7) is 10.9. The molecule has 1 heterocycles. The molecule has 18 heavy (non-hydrogen) atoms. The Kier molecular flexibility index (Phi) is 5.34. The Morgan fingerprint density at radius 1 is 1.17 bits per heavy atom. The highest BCUT2D eigenvalue weighted by atomic mass is 16.3. The van der Waals surface area contributed by atoms with Gasteiger partial charge in [-0.1, -0.05) is 13.8 Å². The Morgan fingerprint density at radius 3 is 2.28 bits per heavy atom. The van der Waals surface area contributed by atoms with Gasteiger partial charge in [-0.15, -0.1) is 0 Å². The van der Waals surface area contributed by atoms with Crippen molar-refractivity contribution in [2.75, 3.05) is 23.8 Å². The maximum absolute atomic E-state index is 9.37. The van der Waals surface area contributed by atoms with E-state index in [1.807, 2.05) is 20.8 Å². The summed E-state index contributed by atoms with van der Waals surface area (Å²) in [6.07, 6.45) is 0. The smallest absolute Gasteiger partial charge is 0.135 e. The van der Waals surface area contributed by atoms with Gasteiger partial charge in [0.1, 0.15) is 17.5 Å². The molecule has 0 amide bonds. The Morgan fingerprint density at radius 2 is 1.78 bits per heavy atom. The van der Waals surface area contributed by atoms with Gasteiger partial charge in [-0.2, -0.15) is 0 Å². The summed E-state index contributed by atoms with van der Waals surface area (Å²) in [4.78, 5) is 8.79. The Balaban J connectivity index is 3.00. The Bertz CT molecular complexity index is 393. The molecule has 0 bridgehead atoms. The normalized spacial score (nSPS) is 12.6. The van der Waals surface area contributed by atoms with Crippen LogP contribution in [0.25, 0.3) is 0 Å². The van der Waals surface area contributed by atoms with Gasteiger partial charge in [-0.3, -0.25) is 0 Å². The first-order chi connectivity index (χ1) is 8.49. The second-order valence-corrected chi connectivity index (χ2v) is 4.80. The number of aliphatic hydroxyl groups excluding tert-OH is 1. The van der Waals surface area contributed by atoms with Gasteiger partial charge >= 0.3 is 0 Å². The average Bonchev–Trinajstić information content (AvgIpc) is 2.31. The number of nitrogens with one attached hydrogen (secondary N) is 2. The third-order valence-corrected chi connectivity index (χ3v) is 2.93. The molecule has 1 atom stereocenters. The van der Waals surface area contributed by atoms with Crippen LogP contribution in [0.15, 0.2) is 0 Å². The second kappa shape index (κ2) is 6.54. The number of aliphatic hydroxyl groups is 1. The zero-order valence-corrected chi connectivity index (χ0v) is 11.9. The molecule has 0 spiro atoms. The van der Waals surface area contributed by atoms with Crippen LogP contribution >= 0.6 is 0 Å². The van der Waals surface area contributed by atoms with Crippen LogP contribution in [-0.2, 0) is 0 Å². The maximum atomic E-state index is 9.37. The predicted octanol–water partition coefficient (Wildman–Crippen LogP) is 1.95. The molecule has 0 fully saturated rings. The third kappa shape index (κ3) is 3.57. The van der Waals surface area contributed by atoms with E-state index >= 15 is 0 Å². The molecule has 5 nitrogen and oxygen atoms in total. The summed E-state index contributed by atoms with van der Waals surface area (Å²) < 4.78 is 0. The zero-order valence-electron chi connectivity index (χ0n) is 11.9. The molecule has 0 unspecified atom stereocenters. The summed E-state index contributed by atoms with van der Waals surface area (Å²) in [5.41, 5.74) is 0.988. The van der Waals surface area contributed by atoms with E-state index in [2.05, 4.69) is 34.4 Å². The molecule has 0 aliphatic carbocycles. The van der Waals surface area contributed by atoms with Gasteiger partial charge in [-0.05, 0) is 26.7 Å². The number of rotatable bonds is 6. The monoisotopic (exact) mass is 252 g/mol. The van der Waals surface area contributed by atoms with Crippen LogP contribution in [-0.4, -0.2) is 34.3 Å². The van der Waals surface area contributed by atoms with Crippen LogP contribution in [0, 0.1) is 19.8 Å². The van der Waals surface area contributed by atoms with Gasteiger partial charge in [0.25, 0.3) is 0 Å². The predicted molar refractivity (Wildman–Crippen MR) is 75.0 cm³/mol. The van der Waals surface area contributed by atoms with E-state index in [1.165, 1.54) is 0 Å². The second-order valence-electron chi connectivity index (χ2n) is 4.80. The lowest BCUT2D eigenvalue weighted by Crippen LogP contribution is -2.30. The molecule has 3 N–H and O–H groups in total. The van der Waals surface area contributed by atoms with Crippen molar-refractivity contribution >= 4 is 11.6 Å². The van der Waals surface area contributed by atoms with Gasteiger partial charge in [-0.25, -0.2) is 9.97 Å². The van der Waals surface area contributed by atoms with E-state index in [1.54, 1.807) is 0 Å². The molecular weight excluding hydrogens is 228 g/mol. The lowest BCUT2D eigenvalue weighted by Gasteiger charge is -2.22. The summed E-state index contributed by atoms with van der Waals surface area (Å²) in [7, 11) is 0. The van der Waals surface area contributed by atoms with E-state index in [0.29, 0.717) is 5.92 Å². The van der Waals surface area contributed by atoms with Crippen molar-refractivity contribution in [3.63, 3.8) is 0 Å². The number of hydrogen-bond acceptors (Lipinski definition) is 5. The fourth-order valence-corrected chi connectivity index (χ4v) is 1.71. The van der Waals surface area contributed by atoms with Gasteiger partial charge < -0.3 is 15.7 Å². The van der Waals surface area contributed by atoms with E-state index < -0.39 is 0 Å². The summed E-state index contributed by atoms with van der Waals surface area (Å²) >= 11 is 0. The summed E-state index contributed by atoms with van der Waals surface area (Å²) in [5.74, 6) is 2.71. The highest BCUT2D eigenvalue weighted by Gasteiger charge is 2.15. The number of hydrogen-bond donors (Lipinski definition) is 3.